The summed E-state index contributed by atoms with van der Waals surface area (Å²) < 4.78 is 1.29. The molecule has 5 heteroatoms. The van der Waals surface area contributed by atoms with Crippen LogP contribution in [0.3, 0.4) is 0 Å². The SMILES string of the molecule is CC[C@@H]1CCCCN1C(=O)C[NH+]1CCC(c2nc3ccccc3s2)CC1. The van der Waals surface area contributed by atoms with Gasteiger partial charge in [-0.2, -0.15) is 0 Å². The molecule has 4 rings (SSSR count). The highest BCUT2D eigenvalue weighted by molar-refractivity contribution is 7.18. The van der Waals surface area contributed by atoms with Crippen molar-refractivity contribution in [3.05, 3.63) is 29.3 Å². The number of thiazole rings is 1. The van der Waals surface area contributed by atoms with Gasteiger partial charge in [-0.3, -0.25) is 4.79 Å². The van der Waals surface area contributed by atoms with Crippen LogP contribution in [0.4, 0.5) is 0 Å². The van der Waals surface area contributed by atoms with E-state index < -0.39 is 0 Å². The molecule has 1 aromatic heterocycles. The lowest BCUT2D eigenvalue weighted by Gasteiger charge is -2.36. The number of fused-ring (bicyclic) bond motifs is 1. The molecule has 0 unspecified atom stereocenters. The molecule has 0 saturated carbocycles. The number of aromatic nitrogens is 1. The fourth-order valence-corrected chi connectivity index (χ4v) is 5.72. The number of hydrogen-bond donors (Lipinski definition) is 1. The first-order chi connectivity index (χ1) is 12.7. The second-order valence-corrected chi connectivity index (χ2v) is 8.93. The first-order valence-electron chi connectivity index (χ1n) is 10.2. The Morgan fingerprint density at radius 1 is 1.23 bits per heavy atom. The Hall–Kier alpha value is -1.46. The second kappa shape index (κ2) is 8.05. The van der Waals surface area contributed by atoms with E-state index in [0.29, 0.717) is 24.4 Å². The van der Waals surface area contributed by atoms with Gasteiger partial charge in [0.05, 0.1) is 28.3 Å². The van der Waals surface area contributed by atoms with Crippen LogP contribution in [0.15, 0.2) is 24.3 Å². The van der Waals surface area contributed by atoms with Crippen molar-refractivity contribution < 1.29 is 9.69 Å². The largest absolute Gasteiger partial charge is 0.335 e. The summed E-state index contributed by atoms with van der Waals surface area (Å²) in [7, 11) is 0. The maximum Gasteiger partial charge on any atom is 0.278 e. The fraction of sp³-hybridized carbons (Fsp3) is 0.619. The van der Waals surface area contributed by atoms with Crippen LogP contribution in [0.1, 0.15) is 56.4 Å². The number of benzene rings is 1. The summed E-state index contributed by atoms with van der Waals surface area (Å²) in [5.41, 5.74) is 1.13. The van der Waals surface area contributed by atoms with Gasteiger partial charge in [-0.15, -0.1) is 11.3 Å². The molecule has 2 aromatic rings. The number of para-hydroxylation sites is 1. The van der Waals surface area contributed by atoms with E-state index >= 15 is 0 Å². The summed E-state index contributed by atoms with van der Waals surface area (Å²) in [5.74, 6) is 0.953. The number of piperidine rings is 2. The molecule has 3 heterocycles. The van der Waals surface area contributed by atoms with Crippen LogP contribution < -0.4 is 4.90 Å². The Kier molecular flexibility index (Phi) is 5.55. The van der Waals surface area contributed by atoms with Gasteiger partial charge in [-0.05, 0) is 37.8 Å². The highest BCUT2D eigenvalue weighted by Gasteiger charge is 2.31. The van der Waals surface area contributed by atoms with E-state index in [9.17, 15) is 4.79 Å². The Morgan fingerprint density at radius 2 is 2.04 bits per heavy atom. The lowest BCUT2D eigenvalue weighted by Crippen LogP contribution is -3.14. The Bertz CT molecular complexity index is 718. The van der Waals surface area contributed by atoms with Crippen LogP contribution in [0.25, 0.3) is 10.2 Å². The average molecular weight is 373 g/mol. The molecule has 1 amide bonds. The number of nitrogens with zero attached hydrogens (tertiary/aromatic N) is 2. The Morgan fingerprint density at radius 3 is 2.81 bits per heavy atom. The molecule has 140 valence electrons. The molecular weight excluding hydrogens is 342 g/mol. The van der Waals surface area contributed by atoms with Crippen LogP contribution >= 0.6 is 11.3 Å². The first-order valence-corrected chi connectivity index (χ1v) is 11.0. The van der Waals surface area contributed by atoms with Gasteiger partial charge in [0, 0.05) is 31.3 Å². The summed E-state index contributed by atoms with van der Waals surface area (Å²) >= 11 is 1.85. The van der Waals surface area contributed by atoms with Gasteiger partial charge in [0.15, 0.2) is 6.54 Å². The standard InChI is InChI=1S/C21H29N3OS/c1-2-17-7-5-6-12-24(17)20(25)15-23-13-10-16(11-14-23)21-22-18-8-3-4-9-19(18)26-21/h3-4,8-9,16-17H,2,5-7,10-15H2,1H3/p+1/t17-/m1/s1. The summed E-state index contributed by atoms with van der Waals surface area (Å²) in [6, 6.07) is 8.91. The molecule has 0 bridgehead atoms. The third-order valence-corrected chi connectivity index (χ3v) is 7.37. The molecule has 4 nitrogen and oxygen atoms in total. The molecule has 0 radical (unpaired) electrons. The number of amides is 1. The quantitative estimate of drug-likeness (QED) is 0.896. The second-order valence-electron chi connectivity index (χ2n) is 7.87. The summed E-state index contributed by atoms with van der Waals surface area (Å²) in [6.45, 7) is 6.06. The van der Waals surface area contributed by atoms with Crippen molar-refractivity contribution in [1.82, 2.24) is 9.88 Å². The van der Waals surface area contributed by atoms with Crippen LogP contribution in [0.5, 0.6) is 0 Å². The highest BCUT2D eigenvalue weighted by atomic mass is 32.1. The van der Waals surface area contributed by atoms with Crippen molar-refractivity contribution in [2.24, 2.45) is 0 Å². The number of nitrogens with one attached hydrogen (secondary N) is 1. The molecule has 1 N–H and O–H groups in total. The molecule has 2 saturated heterocycles. The number of hydrogen-bond acceptors (Lipinski definition) is 3. The van der Waals surface area contributed by atoms with Crippen molar-refractivity contribution in [3.8, 4) is 0 Å². The molecule has 2 aliphatic heterocycles. The van der Waals surface area contributed by atoms with E-state index in [-0.39, 0.29) is 0 Å². The number of carbonyl (C=O) groups excluding carboxylic acids is 1. The number of rotatable bonds is 4. The topological polar surface area (TPSA) is 37.6 Å². The molecular formula is C21H30N3OS+. The lowest BCUT2D eigenvalue weighted by atomic mass is 9.97. The van der Waals surface area contributed by atoms with Crippen LogP contribution in [-0.2, 0) is 4.79 Å². The molecule has 1 atom stereocenters. The van der Waals surface area contributed by atoms with Gasteiger partial charge in [0.2, 0.25) is 0 Å². The molecule has 2 aliphatic rings. The minimum atomic E-state index is 0.380. The van der Waals surface area contributed by atoms with E-state index in [1.54, 1.807) is 0 Å². The third kappa shape index (κ3) is 3.79. The van der Waals surface area contributed by atoms with E-state index in [1.807, 2.05) is 11.3 Å². The van der Waals surface area contributed by atoms with Crippen molar-refractivity contribution in [3.63, 3.8) is 0 Å². The van der Waals surface area contributed by atoms with Crippen molar-refractivity contribution >= 4 is 27.5 Å². The van der Waals surface area contributed by atoms with Gasteiger partial charge in [-0.1, -0.05) is 19.1 Å². The van der Waals surface area contributed by atoms with Gasteiger partial charge < -0.3 is 9.80 Å². The van der Waals surface area contributed by atoms with Crippen LogP contribution in [-0.4, -0.2) is 48.0 Å². The minimum absolute atomic E-state index is 0.380. The zero-order valence-corrected chi connectivity index (χ0v) is 16.6. The maximum atomic E-state index is 12.8. The van der Waals surface area contributed by atoms with Crippen molar-refractivity contribution in [2.75, 3.05) is 26.2 Å². The van der Waals surface area contributed by atoms with E-state index in [1.165, 1.54) is 33.9 Å². The van der Waals surface area contributed by atoms with E-state index in [4.69, 9.17) is 4.98 Å². The van der Waals surface area contributed by atoms with Gasteiger partial charge in [-0.25, -0.2) is 4.98 Å². The third-order valence-electron chi connectivity index (χ3n) is 6.17. The molecule has 2 fully saturated rings. The summed E-state index contributed by atoms with van der Waals surface area (Å²) in [4.78, 5) is 21.3. The maximum absolute atomic E-state index is 12.8. The summed E-state index contributed by atoms with van der Waals surface area (Å²) in [5, 5.41) is 1.29. The number of carbonyl (C=O) groups is 1. The van der Waals surface area contributed by atoms with Crippen molar-refractivity contribution in [2.45, 2.75) is 57.4 Å². The fourth-order valence-electron chi connectivity index (χ4n) is 4.58. The van der Waals surface area contributed by atoms with Gasteiger partial charge in [0.25, 0.3) is 5.91 Å². The van der Waals surface area contributed by atoms with Crippen LogP contribution in [0.2, 0.25) is 0 Å². The molecule has 26 heavy (non-hydrogen) atoms. The average Bonchev–Trinajstić information content (AvgIpc) is 3.12. The van der Waals surface area contributed by atoms with Crippen molar-refractivity contribution in [1.29, 1.82) is 0 Å². The zero-order valence-electron chi connectivity index (χ0n) is 15.7. The van der Waals surface area contributed by atoms with E-state index in [2.05, 4.69) is 36.1 Å². The number of quaternary nitrogens is 1. The smallest absolute Gasteiger partial charge is 0.278 e. The summed E-state index contributed by atoms with van der Waals surface area (Å²) in [6.07, 6.45) is 7.05. The normalized spacial score (nSPS) is 27.0. The number of likely N-dealkylation sites (tertiary alicyclic amines) is 2. The first kappa shape index (κ1) is 17.9. The van der Waals surface area contributed by atoms with Crippen LogP contribution in [0, 0.1) is 0 Å². The molecule has 0 spiro atoms. The Balaban J connectivity index is 1.32. The molecule has 1 aromatic carbocycles. The molecule has 0 aliphatic carbocycles. The van der Waals surface area contributed by atoms with Gasteiger partial charge >= 0.3 is 0 Å². The lowest BCUT2D eigenvalue weighted by molar-refractivity contribution is -0.897. The van der Waals surface area contributed by atoms with Gasteiger partial charge in [0.1, 0.15) is 0 Å². The Labute approximate surface area is 160 Å². The predicted octanol–water partition coefficient (Wildman–Crippen LogP) is 2.85. The highest BCUT2D eigenvalue weighted by Crippen LogP contribution is 2.31. The minimum Gasteiger partial charge on any atom is -0.335 e. The monoisotopic (exact) mass is 372 g/mol. The zero-order chi connectivity index (χ0) is 17.9. The van der Waals surface area contributed by atoms with E-state index in [0.717, 1.165) is 44.4 Å². The predicted molar refractivity (Wildman–Crippen MR) is 107 cm³/mol.